The minimum Gasteiger partial charge on any atom is -0.494 e. The highest BCUT2D eigenvalue weighted by molar-refractivity contribution is 6.00. The topological polar surface area (TPSA) is 142 Å². The summed E-state index contributed by atoms with van der Waals surface area (Å²) in [6.45, 7) is -1.71. The van der Waals surface area contributed by atoms with Crippen molar-refractivity contribution in [1.82, 2.24) is 20.1 Å². The molecule has 5 rings (SSSR count). The van der Waals surface area contributed by atoms with Gasteiger partial charge in [-0.05, 0) is 49.9 Å². The molecule has 45 heavy (non-hydrogen) atoms. The molecule has 2 aromatic carbocycles. The normalized spacial score (nSPS) is 14.4. The predicted octanol–water partition coefficient (Wildman–Crippen LogP) is 4.37. The molecule has 1 fully saturated rings. The Morgan fingerprint density at radius 1 is 1.13 bits per heavy atom. The summed E-state index contributed by atoms with van der Waals surface area (Å²) in [6.07, 6.45) is 1.67. The number of halogens is 5. The number of carbonyl (C=O) groups excluding carboxylic acids is 2. The molecule has 238 valence electrons. The number of rotatable bonds is 12. The molecular weight excluding hydrogens is 605 g/mol. The molecule has 1 saturated carbocycles. The van der Waals surface area contributed by atoms with Gasteiger partial charge in [-0.15, -0.1) is 0 Å². The van der Waals surface area contributed by atoms with Crippen LogP contribution in [0.3, 0.4) is 0 Å². The van der Waals surface area contributed by atoms with Crippen molar-refractivity contribution in [3.63, 3.8) is 0 Å². The van der Waals surface area contributed by atoms with E-state index in [1.165, 1.54) is 25.3 Å². The third kappa shape index (κ3) is 6.25. The number of nitrogens with two attached hydrogens (primary N) is 1. The van der Waals surface area contributed by atoms with E-state index in [-0.39, 0.29) is 51.5 Å². The summed E-state index contributed by atoms with van der Waals surface area (Å²) < 4.78 is 80.8. The Morgan fingerprint density at radius 3 is 2.47 bits per heavy atom. The molecule has 0 bridgehead atoms. The van der Waals surface area contributed by atoms with Gasteiger partial charge in [-0.25, -0.2) is 22.8 Å². The van der Waals surface area contributed by atoms with Crippen LogP contribution in [0, 0.1) is 23.4 Å². The predicted molar refractivity (Wildman–Crippen MR) is 150 cm³/mol. The lowest BCUT2D eigenvalue weighted by Gasteiger charge is -2.30. The molecular formula is C30H28F5N5O5. The van der Waals surface area contributed by atoms with Crippen molar-refractivity contribution in [3.05, 3.63) is 70.8 Å². The zero-order chi connectivity index (χ0) is 32.6. The summed E-state index contributed by atoms with van der Waals surface area (Å²) in [7, 11) is 1.29. The Labute approximate surface area is 252 Å². The maximum atomic E-state index is 15.0. The van der Waals surface area contributed by atoms with Crippen LogP contribution in [0.1, 0.15) is 47.9 Å². The molecule has 0 aliphatic heterocycles. The average molecular weight is 634 g/mol. The van der Waals surface area contributed by atoms with E-state index in [0.717, 1.165) is 6.20 Å². The van der Waals surface area contributed by atoms with Crippen molar-refractivity contribution in [2.75, 3.05) is 20.3 Å². The van der Waals surface area contributed by atoms with Gasteiger partial charge in [0.1, 0.15) is 34.1 Å². The van der Waals surface area contributed by atoms with Gasteiger partial charge in [0.05, 0.1) is 32.4 Å². The first-order chi connectivity index (χ1) is 21.4. The molecule has 0 saturated heterocycles. The molecule has 0 radical (unpaired) electrons. The van der Waals surface area contributed by atoms with Crippen molar-refractivity contribution in [2.24, 2.45) is 11.7 Å². The van der Waals surface area contributed by atoms with Crippen LogP contribution >= 0.6 is 0 Å². The second-order valence-corrected chi connectivity index (χ2v) is 10.6. The first-order valence-electron chi connectivity index (χ1n) is 13.8. The maximum absolute atomic E-state index is 15.0. The Kier molecular flexibility index (Phi) is 8.65. The van der Waals surface area contributed by atoms with E-state index in [1.54, 1.807) is 6.92 Å². The van der Waals surface area contributed by atoms with Gasteiger partial charge in [-0.2, -0.15) is 13.9 Å². The van der Waals surface area contributed by atoms with Crippen molar-refractivity contribution < 1.29 is 46.1 Å². The summed E-state index contributed by atoms with van der Waals surface area (Å²) in [5.41, 5.74) is 2.90. The van der Waals surface area contributed by atoms with Crippen LogP contribution in [-0.2, 0) is 16.8 Å². The van der Waals surface area contributed by atoms with Crippen LogP contribution in [0.2, 0.25) is 0 Å². The Bertz CT molecular complexity index is 1800. The highest BCUT2D eigenvalue weighted by atomic mass is 19.3. The number of benzene rings is 2. The molecule has 0 spiro atoms. The van der Waals surface area contributed by atoms with Crippen molar-refractivity contribution in [3.8, 4) is 22.8 Å². The van der Waals surface area contributed by atoms with Gasteiger partial charge in [0, 0.05) is 34.3 Å². The molecule has 2 aromatic heterocycles. The summed E-state index contributed by atoms with van der Waals surface area (Å²) in [5, 5.41) is 18.6. The number of aromatic nitrogens is 3. The minimum atomic E-state index is -2.92. The number of aliphatic hydroxyl groups is 1. The molecule has 2 amide bonds. The lowest BCUT2D eigenvalue weighted by Crippen LogP contribution is -2.43. The fourth-order valence-electron chi connectivity index (χ4n) is 5.15. The summed E-state index contributed by atoms with van der Waals surface area (Å²) in [5.74, 6) is -5.96. The van der Waals surface area contributed by atoms with E-state index in [0.29, 0.717) is 29.7 Å². The zero-order valence-electron chi connectivity index (χ0n) is 24.0. The number of nitrogens with one attached hydrogen (secondary N) is 1. The number of carbonyl (C=O) groups is 2. The van der Waals surface area contributed by atoms with Gasteiger partial charge in [-0.1, -0.05) is 0 Å². The third-order valence-corrected chi connectivity index (χ3v) is 7.46. The number of primary amides is 1. The minimum absolute atomic E-state index is 0.0185. The van der Waals surface area contributed by atoms with E-state index in [4.69, 9.17) is 15.2 Å². The molecule has 10 nitrogen and oxygen atoms in total. The van der Waals surface area contributed by atoms with Crippen molar-refractivity contribution >= 4 is 22.7 Å². The van der Waals surface area contributed by atoms with E-state index in [2.05, 4.69) is 15.4 Å². The number of alkyl halides is 2. The van der Waals surface area contributed by atoms with Crippen LogP contribution in [-0.4, -0.2) is 51.9 Å². The second kappa shape index (κ2) is 12.3. The standard InChI is InChI=1S/C30H28F5N5O5/c1-3-45-27-14(9-24(36)41)8-23(38-26(27)18-10-20(32)21(33)11-19(18)31)30(43,17-4-5-17)13-37-28(42)15-6-16-12-40(29(34)35)39-25(16)22(7-15)44-2/h6-8,10-12,17,29,43H,3-5,9,13H2,1-2H3,(H2,36,41)(H,37,42)/t30-/m1/s1. The molecule has 4 aromatic rings. The lowest BCUT2D eigenvalue weighted by atomic mass is 9.90. The average Bonchev–Trinajstić information content (AvgIpc) is 3.76. The van der Waals surface area contributed by atoms with Crippen LogP contribution in [0.4, 0.5) is 22.0 Å². The number of hydrogen-bond acceptors (Lipinski definition) is 7. The Morgan fingerprint density at radius 2 is 1.84 bits per heavy atom. The number of fused-ring (bicyclic) bond motifs is 1. The maximum Gasteiger partial charge on any atom is 0.333 e. The molecule has 1 atom stereocenters. The number of nitrogens with zero attached hydrogens (tertiary/aromatic N) is 3. The second-order valence-electron chi connectivity index (χ2n) is 10.6. The number of methoxy groups -OCH3 is 1. The number of hydrogen-bond donors (Lipinski definition) is 3. The Balaban J connectivity index is 1.56. The fraction of sp³-hybridized carbons (Fsp3) is 0.333. The van der Waals surface area contributed by atoms with Crippen molar-refractivity contribution in [1.29, 1.82) is 0 Å². The molecule has 1 aliphatic carbocycles. The van der Waals surface area contributed by atoms with Gasteiger partial charge < -0.3 is 25.6 Å². The number of ether oxygens (including phenoxy) is 2. The van der Waals surface area contributed by atoms with E-state index in [9.17, 15) is 32.3 Å². The van der Waals surface area contributed by atoms with E-state index in [1.807, 2.05) is 0 Å². The van der Waals surface area contributed by atoms with Crippen LogP contribution in [0.25, 0.3) is 22.2 Å². The van der Waals surface area contributed by atoms with Crippen LogP contribution in [0.15, 0.2) is 36.5 Å². The first-order valence-corrected chi connectivity index (χ1v) is 13.8. The van der Waals surface area contributed by atoms with E-state index >= 15 is 4.39 Å². The van der Waals surface area contributed by atoms with Gasteiger partial charge in [0.15, 0.2) is 11.6 Å². The zero-order valence-corrected chi connectivity index (χ0v) is 24.0. The SMILES string of the molecule is CCOc1c(CC(N)=O)cc([C@@](O)(CNC(=O)c2cc(OC)c3nn(C(F)F)cc3c2)C2CC2)nc1-c1cc(F)c(F)cc1F. The van der Waals surface area contributed by atoms with Gasteiger partial charge in [-0.3, -0.25) is 9.59 Å². The molecule has 15 heteroatoms. The fourth-order valence-corrected chi connectivity index (χ4v) is 5.15. The monoisotopic (exact) mass is 633 g/mol. The summed E-state index contributed by atoms with van der Waals surface area (Å²) >= 11 is 0. The Hall–Kier alpha value is -4.79. The molecule has 0 unspecified atom stereocenters. The highest BCUT2D eigenvalue weighted by Crippen LogP contribution is 2.47. The van der Waals surface area contributed by atoms with Gasteiger partial charge in [0.25, 0.3) is 5.91 Å². The summed E-state index contributed by atoms with van der Waals surface area (Å²) in [4.78, 5) is 29.7. The number of amides is 2. The van der Waals surface area contributed by atoms with Crippen LogP contribution < -0.4 is 20.5 Å². The smallest absolute Gasteiger partial charge is 0.333 e. The lowest BCUT2D eigenvalue weighted by molar-refractivity contribution is -0.117. The van der Waals surface area contributed by atoms with Gasteiger partial charge in [0.2, 0.25) is 5.91 Å². The highest BCUT2D eigenvalue weighted by Gasteiger charge is 2.47. The van der Waals surface area contributed by atoms with Crippen LogP contribution in [0.5, 0.6) is 11.5 Å². The largest absolute Gasteiger partial charge is 0.494 e. The summed E-state index contributed by atoms with van der Waals surface area (Å²) in [6, 6.07) is 4.91. The third-order valence-electron chi connectivity index (χ3n) is 7.46. The molecule has 2 heterocycles. The molecule has 1 aliphatic rings. The quantitative estimate of drug-likeness (QED) is 0.155. The first kappa shape index (κ1) is 31.6. The van der Waals surface area contributed by atoms with E-state index < -0.39 is 65.9 Å². The number of pyridine rings is 1. The van der Waals surface area contributed by atoms with Gasteiger partial charge >= 0.3 is 6.55 Å². The van der Waals surface area contributed by atoms with Crippen molar-refractivity contribution in [2.45, 2.75) is 38.3 Å². The molecule has 4 N–H and O–H groups in total.